The Bertz CT molecular complexity index is 1510. The number of anilines is 1. The summed E-state index contributed by atoms with van der Waals surface area (Å²) in [4.78, 5) is 19.7. The van der Waals surface area contributed by atoms with E-state index in [1.807, 2.05) is 52.8 Å². The van der Waals surface area contributed by atoms with Crippen LogP contribution in [0, 0.1) is 12.3 Å². The molecular weight excluding hydrogens is 504 g/mol. The number of para-hydroxylation sites is 1. The highest BCUT2D eigenvalue weighted by atomic mass is 16.5. The van der Waals surface area contributed by atoms with Crippen molar-refractivity contribution in [1.82, 2.24) is 24.4 Å². The summed E-state index contributed by atoms with van der Waals surface area (Å²) in [7, 11) is 1.43. The Balaban J connectivity index is 1.43. The molecule has 0 aliphatic carbocycles. The normalized spacial score (nSPS) is 17.4. The lowest BCUT2D eigenvalue weighted by molar-refractivity contribution is -0.139. The van der Waals surface area contributed by atoms with Crippen LogP contribution in [0.2, 0.25) is 0 Å². The van der Waals surface area contributed by atoms with Crippen molar-refractivity contribution in [2.24, 2.45) is 5.41 Å². The molecule has 0 spiro atoms. The molecule has 0 atom stereocenters. The number of esters is 1. The van der Waals surface area contributed by atoms with Crippen molar-refractivity contribution in [2.75, 3.05) is 31.7 Å². The Labute approximate surface area is 235 Å². The minimum atomic E-state index is -0.272. The van der Waals surface area contributed by atoms with Crippen LogP contribution in [0.4, 0.5) is 5.82 Å². The maximum atomic E-state index is 12.4. The molecule has 0 radical (unpaired) electrons. The summed E-state index contributed by atoms with van der Waals surface area (Å²) < 4.78 is 15.1. The number of nitrogens with zero attached hydrogens (tertiary/aromatic N) is 6. The van der Waals surface area contributed by atoms with Gasteiger partial charge < -0.3 is 14.4 Å². The third-order valence-electron chi connectivity index (χ3n) is 8.62. The predicted octanol–water partition coefficient (Wildman–Crippen LogP) is 5.22. The molecule has 3 aliphatic rings. The Hall–Kier alpha value is -3.88. The van der Waals surface area contributed by atoms with Crippen LogP contribution in [-0.2, 0) is 22.5 Å². The Morgan fingerprint density at radius 3 is 2.77 bits per heavy atom. The molecule has 1 aromatic carbocycles. The average molecular weight is 543 g/mol. The zero-order valence-corrected chi connectivity index (χ0v) is 23.7. The number of carbonyl (C=O) groups excluding carboxylic acids is 1. The second-order valence-corrected chi connectivity index (χ2v) is 11.5. The molecule has 210 valence electrons. The first kappa shape index (κ1) is 26.3. The van der Waals surface area contributed by atoms with Crippen molar-refractivity contribution < 1.29 is 14.3 Å². The molecule has 7 rings (SSSR count). The van der Waals surface area contributed by atoms with E-state index >= 15 is 0 Å². The van der Waals surface area contributed by atoms with Gasteiger partial charge in [0.1, 0.15) is 11.6 Å². The standard InChI is InChI=1S/C31H38N6O3/c1-22-25(17-29(38)39-3)30-35-14-12-31(2,13-15-35)11-7-4-8-16-40-27-10-6-5-9-23(27)20-36-21-24(19-32-36)26-18-28(33-22)37(30)34-26/h5-6,9-10,18-19,21H,4,7-8,11-17,20H2,1-3H3. The summed E-state index contributed by atoms with van der Waals surface area (Å²) in [6.07, 6.45) is 10.9. The monoisotopic (exact) mass is 542 g/mol. The number of fused-ring (bicyclic) bond motifs is 7. The molecule has 0 N–H and O–H groups in total. The maximum absolute atomic E-state index is 12.4. The zero-order valence-electron chi connectivity index (χ0n) is 23.7. The van der Waals surface area contributed by atoms with Crippen LogP contribution in [0.5, 0.6) is 5.75 Å². The fraction of sp³-hybridized carbons (Fsp3) is 0.484. The first-order chi connectivity index (χ1) is 19.4. The Morgan fingerprint density at radius 2 is 1.95 bits per heavy atom. The summed E-state index contributed by atoms with van der Waals surface area (Å²) in [5, 5.41) is 9.66. The summed E-state index contributed by atoms with van der Waals surface area (Å²) in [5.74, 6) is 1.60. The number of benzene rings is 1. The lowest BCUT2D eigenvalue weighted by Crippen LogP contribution is -2.40. The van der Waals surface area contributed by atoms with Gasteiger partial charge in [0.05, 0.1) is 38.6 Å². The van der Waals surface area contributed by atoms with Crippen LogP contribution in [0.1, 0.15) is 62.3 Å². The fourth-order valence-electron chi connectivity index (χ4n) is 6.08. The Morgan fingerprint density at radius 1 is 1.12 bits per heavy atom. The molecule has 0 amide bonds. The van der Waals surface area contributed by atoms with E-state index in [2.05, 4.69) is 23.0 Å². The molecule has 9 heteroatoms. The molecule has 1 fully saturated rings. The van der Waals surface area contributed by atoms with Crippen molar-refractivity contribution in [1.29, 1.82) is 0 Å². The number of hydrogen-bond acceptors (Lipinski definition) is 7. The minimum Gasteiger partial charge on any atom is -0.493 e. The molecule has 4 aromatic rings. The van der Waals surface area contributed by atoms with Gasteiger partial charge in [-0.15, -0.1) is 0 Å². The lowest BCUT2D eigenvalue weighted by atomic mass is 9.76. The molecule has 0 saturated carbocycles. The van der Waals surface area contributed by atoms with Gasteiger partial charge in [-0.2, -0.15) is 14.7 Å². The van der Waals surface area contributed by atoms with Crippen molar-refractivity contribution in [3.63, 3.8) is 0 Å². The van der Waals surface area contributed by atoms with Gasteiger partial charge in [0.2, 0.25) is 0 Å². The highest BCUT2D eigenvalue weighted by Crippen LogP contribution is 2.39. The van der Waals surface area contributed by atoms with Crippen LogP contribution in [0.15, 0.2) is 42.7 Å². The molecule has 9 nitrogen and oxygen atoms in total. The lowest BCUT2D eigenvalue weighted by Gasteiger charge is -2.41. The quantitative estimate of drug-likeness (QED) is 0.321. The van der Waals surface area contributed by atoms with E-state index in [9.17, 15) is 4.79 Å². The predicted molar refractivity (Wildman–Crippen MR) is 154 cm³/mol. The van der Waals surface area contributed by atoms with E-state index in [1.165, 1.54) is 20.0 Å². The van der Waals surface area contributed by atoms with Gasteiger partial charge in [0.25, 0.3) is 0 Å². The van der Waals surface area contributed by atoms with E-state index in [0.717, 1.165) is 90.7 Å². The maximum Gasteiger partial charge on any atom is 0.310 e. The van der Waals surface area contributed by atoms with Gasteiger partial charge in [-0.25, -0.2) is 4.98 Å². The highest BCUT2D eigenvalue weighted by Gasteiger charge is 2.32. The first-order valence-electron chi connectivity index (χ1n) is 14.4. The SMILES string of the molecule is COC(=O)Cc1c(C)nc2cc3nn2c1N1CCC(C)(CCCCCOc2ccccc2Cn2cc-3cn2)CC1. The Kier molecular flexibility index (Phi) is 7.21. The number of rotatable bonds is 2. The van der Waals surface area contributed by atoms with Crippen LogP contribution in [-0.4, -0.2) is 57.2 Å². The molecule has 3 aromatic heterocycles. The summed E-state index contributed by atoms with van der Waals surface area (Å²) in [6, 6.07) is 10.2. The number of ether oxygens (including phenoxy) is 2. The largest absolute Gasteiger partial charge is 0.493 e. The second-order valence-electron chi connectivity index (χ2n) is 11.5. The molecule has 40 heavy (non-hydrogen) atoms. The van der Waals surface area contributed by atoms with Gasteiger partial charge in [-0.3, -0.25) is 9.48 Å². The van der Waals surface area contributed by atoms with E-state index in [1.54, 1.807) is 0 Å². The molecule has 1 saturated heterocycles. The smallest absolute Gasteiger partial charge is 0.310 e. The van der Waals surface area contributed by atoms with Crippen LogP contribution in [0.3, 0.4) is 0 Å². The molecule has 6 heterocycles. The van der Waals surface area contributed by atoms with Crippen molar-refractivity contribution in [2.45, 2.75) is 65.3 Å². The van der Waals surface area contributed by atoms with E-state index in [-0.39, 0.29) is 12.4 Å². The number of aryl methyl sites for hydroxylation is 1. The highest BCUT2D eigenvalue weighted by molar-refractivity contribution is 5.76. The minimum absolute atomic E-state index is 0.170. The number of methoxy groups -OCH3 is 1. The van der Waals surface area contributed by atoms with Crippen molar-refractivity contribution in [3.8, 4) is 17.0 Å². The van der Waals surface area contributed by atoms with Crippen molar-refractivity contribution >= 4 is 17.4 Å². The number of piperidine rings is 1. The molecule has 6 bridgehead atoms. The van der Waals surface area contributed by atoms with Crippen molar-refractivity contribution in [3.05, 3.63) is 59.5 Å². The average Bonchev–Trinajstić information content (AvgIpc) is 3.59. The van der Waals surface area contributed by atoms with E-state index in [0.29, 0.717) is 12.0 Å². The van der Waals surface area contributed by atoms with Gasteiger partial charge in [-0.1, -0.05) is 38.0 Å². The second kappa shape index (κ2) is 10.9. The van der Waals surface area contributed by atoms with Gasteiger partial charge in [0, 0.05) is 47.7 Å². The summed E-state index contributed by atoms with van der Waals surface area (Å²) in [6.45, 7) is 7.56. The van der Waals surface area contributed by atoms with Gasteiger partial charge in [0.15, 0.2) is 5.65 Å². The first-order valence-corrected chi connectivity index (χ1v) is 14.4. The van der Waals surface area contributed by atoms with Crippen LogP contribution in [0.25, 0.3) is 16.9 Å². The van der Waals surface area contributed by atoms with E-state index < -0.39 is 0 Å². The molecule has 3 aliphatic heterocycles. The zero-order chi connectivity index (χ0) is 27.7. The number of hydrogen-bond donors (Lipinski definition) is 0. The van der Waals surface area contributed by atoms with Gasteiger partial charge in [-0.05, 0) is 44.1 Å². The molecule has 0 unspecified atom stereocenters. The van der Waals surface area contributed by atoms with Crippen LogP contribution >= 0.6 is 0 Å². The number of carbonyl (C=O) groups is 1. The van der Waals surface area contributed by atoms with Crippen LogP contribution < -0.4 is 9.64 Å². The topological polar surface area (TPSA) is 86.8 Å². The van der Waals surface area contributed by atoms with Gasteiger partial charge >= 0.3 is 5.97 Å². The number of aromatic nitrogens is 5. The van der Waals surface area contributed by atoms with E-state index in [4.69, 9.17) is 19.6 Å². The molecular formula is C31H38N6O3. The third kappa shape index (κ3) is 5.29. The summed E-state index contributed by atoms with van der Waals surface area (Å²) in [5.41, 5.74) is 5.61. The fourth-order valence-corrected chi connectivity index (χ4v) is 6.08. The third-order valence-corrected chi connectivity index (χ3v) is 8.62. The summed E-state index contributed by atoms with van der Waals surface area (Å²) >= 11 is 0.